The van der Waals surface area contributed by atoms with Gasteiger partial charge >= 0.3 is 5.69 Å². The molecule has 0 N–H and O–H groups in total. The van der Waals surface area contributed by atoms with E-state index in [4.69, 9.17) is 9.47 Å². The topological polar surface area (TPSA) is 46.6 Å². The summed E-state index contributed by atoms with van der Waals surface area (Å²) < 4.78 is 12.0. The third-order valence-corrected chi connectivity index (χ3v) is 5.87. The summed E-state index contributed by atoms with van der Waals surface area (Å²) in [6.45, 7) is 11.9. The zero-order chi connectivity index (χ0) is 20.5. The van der Waals surface area contributed by atoms with E-state index >= 15 is 0 Å². The first-order chi connectivity index (χ1) is 13.5. The third kappa shape index (κ3) is 6.45. The molecule has 0 radical (unpaired) electrons. The van der Waals surface area contributed by atoms with Crippen molar-refractivity contribution in [1.82, 2.24) is 0 Å². The van der Waals surface area contributed by atoms with Gasteiger partial charge in [0.25, 0.3) is 0 Å². The summed E-state index contributed by atoms with van der Waals surface area (Å²) in [6.07, 6.45) is 2.08. The van der Waals surface area contributed by atoms with Crippen molar-refractivity contribution in [3.63, 3.8) is 0 Å². The minimum atomic E-state index is 0.399. The van der Waals surface area contributed by atoms with Crippen LogP contribution in [0.3, 0.4) is 0 Å². The highest BCUT2D eigenvalue weighted by Gasteiger charge is 2.22. The Labute approximate surface area is 173 Å². The smallest absolute Gasteiger partial charge is 0.430 e. The van der Waals surface area contributed by atoms with Crippen LogP contribution in [0.5, 0.6) is 11.5 Å². The summed E-state index contributed by atoms with van der Waals surface area (Å²) >= 11 is 1.63. The van der Waals surface area contributed by atoms with Crippen LogP contribution in [0.15, 0.2) is 46.2 Å². The summed E-state index contributed by atoms with van der Waals surface area (Å²) in [5.74, 6) is 2.18. The van der Waals surface area contributed by atoms with Crippen molar-refractivity contribution in [2.45, 2.75) is 57.3 Å². The summed E-state index contributed by atoms with van der Waals surface area (Å²) in [7, 11) is 0. The van der Waals surface area contributed by atoms with Crippen molar-refractivity contribution >= 4 is 17.4 Å². The van der Waals surface area contributed by atoms with Gasteiger partial charge in [-0.1, -0.05) is 70.0 Å². The molecule has 2 aromatic carbocycles. The number of hydrogen-bond donors (Lipinski definition) is 0. The molecule has 0 fully saturated rings. The second-order valence-electron chi connectivity index (χ2n) is 7.43. The molecular weight excluding hydrogens is 368 g/mol. The fourth-order valence-electron chi connectivity index (χ4n) is 2.35. The molecule has 5 heteroatoms. The van der Waals surface area contributed by atoms with Gasteiger partial charge in [-0.3, -0.25) is 0 Å². The third-order valence-electron chi connectivity index (χ3n) is 4.82. The van der Waals surface area contributed by atoms with Gasteiger partial charge in [-0.15, -0.1) is 0 Å². The van der Waals surface area contributed by atoms with Crippen molar-refractivity contribution in [2.75, 3.05) is 13.2 Å². The number of rotatable bonds is 10. The van der Waals surface area contributed by atoms with Crippen LogP contribution < -0.4 is 9.47 Å². The van der Waals surface area contributed by atoms with Crippen molar-refractivity contribution in [2.24, 2.45) is 11.8 Å². The Morgan fingerprint density at radius 3 is 2.04 bits per heavy atom. The predicted octanol–water partition coefficient (Wildman–Crippen LogP) is 7.48. The van der Waals surface area contributed by atoms with E-state index in [0.29, 0.717) is 36.5 Å². The SMILES string of the molecule is CCC(C)COc1cc(Sc2ccc(C)cc2)c(OCC(C)CC)cc1[N+]#N. The van der Waals surface area contributed by atoms with Crippen molar-refractivity contribution in [3.05, 3.63) is 46.9 Å². The zero-order valence-corrected chi connectivity index (χ0v) is 18.4. The van der Waals surface area contributed by atoms with Crippen LogP contribution in [0.1, 0.15) is 46.1 Å². The first-order valence-corrected chi connectivity index (χ1v) is 10.8. The minimum Gasteiger partial charge on any atom is -0.492 e. The standard InChI is InChI=1S/C23H31N2O2S/c1-6-16(3)14-26-21-13-23(28-19-10-8-18(5)9-11-19)22(12-20(21)25-24)27-15-17(4)7-2/h8-13,16-17H,6-7,14-15H2,1-5H3/q+1. The second-order valence-corrected chi connectivity index (χ2v) is 8.55. The fourth-order valence-corrected chi connectivity index (χ4v) is 3.26. The van der Waals surface area contributed by atoms with E-state index in [-0.39, 0.29) is 0 Å². The Morgan fingerprint density at radius 2 is 1.50 bits per heavy atom. The van der Waals surface area contributed by atoms with E-state index in [9.17, 15) is 5.39 Å². The molecule has 0 saturated heterocycles. The average Bonchev–Trinajstić information content (AvgIpc) is 2.72. The maximum absolute atomic E-state index is 9.48. The highest BCUT2D eigenvalue weighted by atomic mass is 32.2. The lowest BCUT2D eigenvalue weighted by Crippen LogP contribution is -2.09. The normalized spacial score (nSPS) is 12.9. The van der Waals surface area contributed by atoms with E-state index in [1.165, 1.54) is 5.56 Å². The molecule has 2 unspecified atom stereocenters. The summed E-state index contributed by atoms with van der Waals surface area (Å²) in [4.78, 5) is 5.51. The van der Waals surface area contributed by atoms with E-state index in [1.54, 1.807) is 17.8 Å². The largest absolute Gasteiger partial charge is 0.492 e. The van der Waals surface area contributed by atoms with Gasteiger partial charge in [-0.2, -0.15) is 0 Å². The van der Waals surface area contributed by atoms with Crippen molar-refractivity contribution < 1.29 is 9.47 Å². The lowest BCUT2D eigenvalue weighted by molar-refractivity contribution is 0.246. The maximum atomic E-state index is 9.48. The van der Waals surface area contributed by atoms with E-state index in [1.807, 2.05) is 6.07 Å². The van der Waals surface area contributed by atoms with Gasteiger partial charge in [0.2, 0.25) is 11.1 Å². The Balaban J connectivity index is 2.34. The maximum Gasteiger partial charge on any atom is 0.430 e. The number of diazo groups is 1. The number of benzene rings is 2. The Hall–Kier alpha value is -2.19. The summed E-state index contributed by atoms with van der Waals surface area (Å²) in [5, 5.41) is 9.48. The van der Waals surface area contributed by atoms with Gasteiger partial charge < -0.3 is 9.47 Å². The lowest BCUT2D eigenvalue weighted by atomic mass is 10.1. The average molecular weight is 400 g/mol. The van der Waals surface area contributed by atoms with Crippen LogP contribution in [0.2, 0.25) is 0 Å². The molecule has 28 heavy (non-hydrogen) atoms. The van der Waals surface area contributed by atoms with E-state index in [2.05, 4.69) is 63.9 Å². The molecule has 4 nitrogen and oxygen atoms in total. The van der Waals surface area contributed by atoms with Gasteiger partial charge in [0, 0.05) is 11.0 Å². The number of hydrogen-bond acceptors (Lipinski definition) is 4. The Morgan fingerprint density at radius 1 is 0.929 bits per heavy atom. The van der Waals surface area contributed by atoms with Crippen LogP contribution >= 0.6 is 11.8 Å². The number of nitrogens with zero attached hydrogens (tertiary/aromatic N) is 2. The molecule has 0 saturated carbocycles. The first kappa shape index (κ1) is 22.1. The Kier molecular flexibility index (Phi) is 8.66. The first-order valence-electron chi connectivity index (χ1n) is 10.00. The molecular formula is C23H31N2O2S+. The second kappa shape index (κ2) is 11.0. The lowest BCUT2D eigenvalue weighted by Gasteiger charge is -2.15. The van der Waals surface area contributed by atoms with E-state index in [0.717, 1.165) is 28.4 Å². The van der Waals surface area contributed by atoms with Gasteiger partial charge in [0.15, 0.2) is 4.98 Å². The van der Waals surface area contributed by atoms with E-state index < -0.39 is 0 Å². The van der Waals surface area contributed by atoms with Gasteiger partial charge in [-0.25, -0.2) is 0 Å². The molecule has 0 aliphatic heterocycles. The van der Waals surface area contributed by atoms with Gasteiger partial charge in [0.05, 0.1) is 24.2 Å². The minimum absolute atomic E-state index is 0.399. The highest BCUT2D eigenvalue weighted by molar-refractivity contribution is 7.99. The molecule has 2 rings (SSSR count). The molecule has 0 heterocycles. The van der Waals surface area contributed by atoms with Crippen LogP contribution in [0.4, 0.5) is 5.69 Å². The molecule has 0 spiro atoms. The van der Waals surface area contributed by atoms with Gasteiger partial charge in [0.1, 0.15) is 5.75 Å². The molecule has 2 aromatic rings. The highest BCUT2D eigenvalue weighted by Crippen LogP contribution is 2.43. The number of ether oxygens (including phenoxy) is 2. The van der Waals surface area contributed by atoms with Crippen molar-refractivity contribution in [1.29, 1.82) is 5.39 Å². The molecule has 0 aromatic heterocycles. The molecule has 150 valence electrons. The predicted molar refractivity (Wildman–Crippen MR) is 116 cm³/mol. The fraction of sp³-hybridized carbons (Fsp3) is 0.478. The summed E-state index contributed by atoms with van der Waals surface area (Å²) in [5.41, 5.74) is 1.63. The molecule has 0 amide bonds. The molecule has 0 aliphatic carbocycles. The Bertz CT molecular complexity index is 799. The number of aryl methyl sites for hydroxylation is 1. The monoisotopic (exact) mass is 399 g/mol. The van der Waals surface area contributed by atoms with Crippen LogP contribution in [0, 0.1) is 24.2 Å². The quantitative estimate of drug-likeness (QED) is 0.388. The molecule has 0 bridgehead atoms. The van der Waals surface area contributed by atoms with Crippen LogP contribution in [-0.2, 0) is 0 Å². The van der Waals surface area contributed by atoms with Crippen LogP contribution in [-0.4, -0.2) is 13.2 Å². The molecule has 2 atom stereocenters. The van der Waals surface area contributed by atoms with Crippen molar-refractivity contribution in [3.8, 4) is 11.5 Å². The molecule has 0 aliphatic rings. The summed E-state index contributed by atoms with van der Waals surface area (Å²) in [6, 6.07) is 12.1. The zero-order valence-electron chi connectivity index (χ0n) is 17.6. The van der Waals surface area contributed by atoms with Gasteiger partial charge in [-0.05, 0) is 30.9 Å². The van der Waals surface area contributed by atoms with Crippen LogP contribution in [0.25, 0.3) is 4.98 Å².